The number of aliphatic hydroxyl groups is 2. The Morgan fingerprint density at radius 1 is 1.41 bits per heavy atom. The molecule has 0 amide bonds. The summed E-state index contributed by atoms with van der Waals surface area (Å²) in [4.78, 5) is 24.5. The van der Waals surface area contributed by atoms with Gasteiger partial charge < -0.3 is 14.9 Å². The third-order valence-corrected chi connectivity index (χ3v) is 2.86. The van der Waals surface area contributed by atoms with Gasteiger partial charge >= 0.3 is 5.69 Å². The lowest BCUT2D eigenvalue weighted by Crippen LogP contribution is -2.37. The van der Waals surface area contributed by atoms with Crippen molar-refractivity contribution in [2.45, 2.75) is 37.9 Å². The molecule has 2 heterocycles. The van der Waals surface area contributed by atoms with E-state index in [1.54, 1.807) is 6.92 Å². The molecule has 1 fully saturated rings. The second-order valence-corrected chi connectivity index (χ2v) is 3.97. The van der Waals surface area contributed by atoms with Gasteiger partial charge in [-0.2, -0.15) is 0 Å². The van der Waals surface area contributed by atoms with Gasteiger partial charge in [-0.15, -0.1) is 0 Å². The van der Waals surface area contributed by atoms with Gasteiger partial charge in [0.1, 0.15) is 12.2 Å². The molecule has 0 radical (unpaired) electrons. The van der Waals surface area contributed by atoms with Gasteiger partial charge in [0.25, 0.3) is 5.56 Å². The van der Waals surface area contributed by atoms with E-state index < -0.39 is 35.8 Å². The number of nitrogens with zero attached hydrogens (tertiary/aromatic N) is 1. The molecule has 0 aliphatic carbocycles. The summed E-state index contributed by atoms with van der Waals surface area (Å²) in [5, 5.41) is 19.5. The Balaban J connectivity index is 2.35. The molecule has 1 aromatic heterocycles. The lowest BCUT2D eigenvalue weighted by atomic mass is 10.1. The van der Waals surface area contributed by atoms with Crippen LogP contribution in [0.4, 0.5) is 0 Å². The van der Waals surface area contributed by atoms with Crippen LogP contribution in [0, 0.1) is 0 Å². The largest absolute Gasteiger partial charge is 0.388 e. The molecule has 17 heavy (non-hydrogen) atoms. The maximum atomic E-state index is 11.5. The zero-order chi connectivity index (χ0) is 12.6. The first-order valence-corrected chi connectivity index (χ1v) is 5.37. The smallest absolute Gasteiger partial charge is 0.330 e. The van der Waals surface area contributed by atoms with Crippen molar-refractivity contribution in [2.75, 3.05) is 0 Å². The summed E-state index contributed by atoms with van der Waals surface area (Å²) in [7, 11) is 0. The van der Waals surface area contributed by atoms with Crippen molar-refractivity contribution in [1.29, 1.82) is 0 Å². The number of ether oxygens (including phenoxy) is 1. The maximum absolute atomic E-state index is 11.5. The molecular formula is C10H14N2O5. The highest BCUT2D eigenvalue weighted by Gasteiger charge is 2.42. The zero-order valence-electron chi connectivity index (χ0n) is 9.24. The van der Waals surface area contributed by atoms with Crippen LogP contribution >= 0.6 is 0 Å². The Hall–Kier alpha value is -1.44. The Labute approximate surface area is 96.3 Å². The SMILES string of the molecule is CCC1OC(n2ccc(=O)[nH]c2=O)C(O)C1O. The molecule has 4 atom stereocenters. The molecule has 94 valence electrons. The highest BCUT2D eigenvalue weighted by atomic mass is 16.6. The van der Waals surface area contributed by atoms with Gasteiger partial charge in [-0.3, -0.25) is 14.3 Å². The average Bonchev–Trinajstić information content (AvgIpc) is 2.57. The lowest BCUT2D eigenvalue weighted by molar-refractivity contribution is -0.0405. The third kappa shape index (κ3) is 2.04. The molecule has 0 aromatic carbocycles. The molecule has 1 aliphatic rings. The third-order valence-electron chi connectivity index (χ3n) is 2.86. The van der Waals surface area contributed by atoms with Gasteiger partial charge in [0.05, 0.1) is 6.10 Å². The molecule has 7 nitrogen and oxygen atoms in total. The fraction of sp³-hybridized carbons (Fsp3) is 0.600. The summed E-state index contributed by atoms with van der Waals surface area (Å²) >= 11 is 0. The van der Waals surface area contributed by atoms with Crippen LogP contribution in [-0.4, -0.2) is 38.1 Å². The number of H-pyrrole nitrogens is 1. The van der Waals surface area contributed by atoms with Crippen LogP contribution in [0.1, 0.15) is 19.6 Å². The van der Waals surface area contributed by atoms with Crippen LogP contribution in [-0.2, 0) is 4.74 Å². The van der Waals surface area contributed by atoms with Crippen molar-refractivity contribution in [3.8, 4) is 0 Å². The monoisotopic (exact) mass is 242 g/mol. The maximum Gasteiger partial charge on any atom is 0.330 e. The van der Waals surface area contributed by atoms with Crippen molar-refractivity contribution in [1.82, 2.24) is 9.55 Å². The molecule has 0 saturated carbocycles. The molecule has 3 N–H and O–H groups in total. The van der Waals surface area contributed by atoms with Gasteiger partial charge in [-0.1, -0.05) is 6.92 Å². The quantitative estimate of drug-likeness (QED) is 0.589. The second kappa shape index (κ2) is 4.44. The molecule has 0 spiro atoms. The minimum Gasteiger partial charge on any atom is -0.388 e. The number of aromatic nitrogens is 2. The molecular weight excluding hydrogens is 228 g/mol. The molecule has 1 saturated heterocycles. The summed E-state index contributed by atoms with van der Waals surface area (Å²) < 4.78 is 6.44. The highest BCUT2D eigenvalue weighted by molar-refractivity contribution is 4.92. The highest BCUT2D eigenvalue weighted by Crippen LogP contribution is 2.29. The van der Waals surface area contributed by atoms with Crippen LogP contribution in [0.2, 0.25) is 0 Å². The van der Waals surface area contributed by atoms with Crippen LogP contribution in [0.25, 0.3) is 0 Å². The second-order valence-electron chi connectivity index (χ2n) is 3.97. The van der Waals surface area contributed by atoms with E-state index >= 15 is 0 Å². The van der Waals surface area contributed by atoms with Gasteiger partial charge in [0.2, 0.25) is 0 Å². The predicted octanol–water partition coefficient (Wildman–Crippen LogP) is -1.43. The van der Waals surface area contributed by atoms with Crippen LogP contribution < -0.4 is 11.2 Å². The van der Waals surface area contributed by atoms with Crippen molar-refractivity contribution < 1.29 is 14.9 Å². The first-order chi connectivity index (χ1) is 8.04. The molecule has 1 aromatic rings. The van der Waals surface area contributed by atoms with Crippen LogP contribution in [0.5, 0.6) is 0 Å². The number of aromatic amines is 1. The van der Waals surface area contributed by atoms with E-state index in [-0.39, 0.29) is 0 Å². The first kappa shape index (κ1) is 12.0. The molecule has 0 bridgehead atoms. The molecule has 2 rings (SSSR count). The van der Waals surface area contributed by atoms with Crippen molar-refractivity contribution >= 4 is 0 Å². The number of hydrogen-bond acceptors (Lipinski definition) is 5. The van der Waals surface area contributed by atoms with Crippen molar-refractivity contribution in [3.63, 3.8) is 0 Å². The predicted molar refractivity (Wildman–Crippen MR) is 57.5 cm³/mol. The van der Waals surface area contributed by atoms with E-state index in [1.807, 2.05) is 0 Å². The standard InChI is InChI=1S/C10H14N2O5/c1-2-5-7(14)8(15)9(17-5)12-4-3-6(13)11-10(12)16/h3-5,7-9,14-15H,2H2,1H3,(H,11,13,16). The normalized spacial score (nSPS) is 32.9. The molecule has 1 aliphatic heterocycles. The van der Waals surface area contributed by atoms with Crippen LogP contribution in [0.15, 0.2) is 21.9 Å². The summed E-state index contributed by atoms with van der Waals surface area (Å²) in [5.41, 5.74) is -1.20. The van der Waals surface area contributed by atoms with E-state index in [0.717, 1.165) is 10.6 Å². The van der Waals surface area contributed by atoms with Crippen molar-refractivity contribution in [3.05, 3.63) is 33.1 Å². The first-order valence-electron chi connectivity index (χ1n) is 5.37. The average molecular weight is 242 g/mol. The number of nitrogens with one attached hydrogen (secondary N) is 1. The fourth-order valence-corrected chi connectivity index (χ4v) is 1.92. The Morgan fingerprint density at radius 2 is 2.12 bits per heavy atom. The minimum absolute atomic E-state index is 0.520. The van der Waals surface area contributed by atoms with Gasteiger partial charge in [0.15, 0.2) is 6.23 Å². The number of aliphatic hydroxyl groups excluding tert-OH is 2. The Kier molecular flexibility index (Phi) is 3.14. The van der Waals surface area contributed by atoms with Gasteiger partial charge in [-0.05, 0) is 6.42 Å². The van der Waals surface area contributed by atoms with Gasteiger partial charge in [0, 0.05) is 12.3 Å². The van der Waals surface area contributed by atoms with E-state index in [9.17, 15) is 19.8 Å². The zero-order valence-corrected chi connectivity index (χ0v) is 9.24. The van der Waals surface area contributed by atoms with E-state index in [2.05, 4.69) is 4.98 Å². The number of rotatable bonds is 2. The summed E-state index contributed by atoms with van der Waals surface area (Å²) in [6, 6.07) is 1.16. The minimum atomic E-state index is -1.19. The van der Waals surface area contributed by atoms with Gasteiger partial charge in [-0.25, -0.2) is 4.79 Å². The fourth-order valence-electron chi connectivity index (χ4n) is 1.92. The van der Waals surface area contributed by atoms with E-state index in [4.69, 9.17) is 4.74 Å². The van der Waals surface area contributed by atoms with E-state index in [1.165, 1.54) is 6.20 Å². The molecule has 4 unspecified atom stereocenters. The lowest BCUT2D eigenvalue weighted by Gasteiger charge is -2.16. The summed E-state index contributed by atoms with van der Waals surface area (Å²) in [5.74, 6) is 0. The summed E-state index contributed by atoms with van der Waals surface area (Å²) in [6.45, 7) is 1.80. The number of hydrogen-bond donors (Lipinski definition) is 3. The Bertz CT molecular complexity index is 508. The van der Waals surface area contributed by atoms with Crippen molar-refractivity contribution in [2.24, 2.45) is 0 Å². The summed E-state index contributed by atoms with van der Waals surface area (Å²) in [6.07, 6.45) is -1.97. The van der Waals surface area contributed by atoms with Crippen LogP contribution in [0.3, 0.4) is 0 Å². The Morgan fingerprint density at radius 3 is 2.65 bits per heavy atom. The van der Waals surface area contributed by atoms with E-state index in [0.29, 0.717) is 6.42 Å². The topological polar surface area (TPSA) is 105 Å². The molecule has 7 heteroatoms.